The number of amides is 2. The average Bonchev–Trinajstić information content (AvgIpc) is 2.79. The lowest BCUT2D eigenvalue weighted by Crippen LogP contribution is -2.33. The molecule has 0 saturated heterocycles. The first-order valence-electron chi connectivity index (χ1n) is 6.63. The molecule has 10 heteroatoms. The minimum atomic E-state index is -5.13. The monoisotopic (exact) mass is 354 g/mol. The van der Waals surface area contributed by atoms with E-state index in [1.54, 1.807) is 0 Å². The summed E-state index contributed by atoms with van der Waals surface area (Å²) in [6.07, 6.45) is -4.57. The molecule has 0 unspecified atom stereocenters. The molecule has 2 aromatic rings. The molecule has 2 amide bonds. The Labute approximate surface area is 136 Å². The highest BCUT2D eigenvalue weighted by molar-refractivity contribution is 6.21. The van der Waals surface area contributed by atoms with Gasteiger partial charge in [0.25, 0.3) is 11.8 Å². The van der Waals surface area contributed by atoms with Gasteiger partial charge in [-0.3, -0.25) is 9.59 Å². The van der Waals surface area contributed by atoms with E-state index in [4.69, 9.17) is 0 Å². The lowest BCUT2D eigenvalue weighted by atomic mass is 10.1. The third kappa shape index (κ3) is 2.71. The first-order valence-corrected chi connectivity index (χ1v) is 6.63. The van der Waals surface area contributed by atoms with Crippen LogP contribution in [0.25, 0.3) is 0 Å². The van der Waals surface area contributed by atoms with E-state index in [1.807, 2.05) is 0 Å². The van der Waals surface area contributed by atoms with Gasteiger partial charge in [-0.05, 0) is 18.2 Å². The molecule has 0 N–H and O–H groups in total. The lowest BCUT2D eigenvalue weighted by Gasteiger charge is -2.14. The minimum absolute atomic E-state index is 0.0496. The Morgan fingerprint density at radius 1 is 1.04 bits per heavy atom. The van der Waals surface area contributed by atoms with Gasteiger partial charge in [0.15, 0.2) is 11.5 Å². The Morgan fingerprint density at radius 2 is 1.60 bits per heavy atom. The Balaban J connectivity index is 1.90. The number of hydroxylamine groups is 2. The number of fused-ring (bicyclic) bond motifs is 1. The van der Waals surface area contributed by atoms with Crippen molar-refractivity contribution in [3.8, 4) is 0 Å². The second-order valence-corrected chi connectivity index (χ2v) is 4.85. The third-order valence-corrected chi connectivity index (χ3v) is 3.31. The zero-order valence-electron chi connectivity index (χ0n) is 12.0. The summed E-state index contributed by atoms with van der Waals surface area (Å²) in [5.41, 5.74) is -3.12. The van der Waals surface area contributed by atoms with E-state index in [0.29, 0.717) is 12.3 Å². The first-order chi connectivity index (χ1) is 11.7. The molecule has 128 valence electrons. The lowest BCUT2D eigenvalue weighted by molar-refractivity contribution is -0.143. The van der Waals surface area contributed by atoms with E-state index in [9.17, 15) is 31.9 Å². The van der Waals surface area contributed by atoms with Crippen LogP contribution in [-0.2, 0) is 11.0 Å². The van der Waals surface area contributed by atoms with Crippen molar-refractivity contribution in [1.82, 2.24) is 10.0 Å². The number of carbonyl (C=O) groups excluding carboxylic acids is 3. The summed E-state index contributed by atoms with van der Waals surface area (Å²) in [6.45, 7) is 0. The highest BCUT2D eigenvalue weighted by Gasteiger charge is 2.41. The average molecular weight is 354 g/mol. The number of hydrogen-bond donors (Lipinski definition) is 0. The van der Waals surface area contributed by atoms with Crippen LogP contribution in [0.15, 0.2) is 36.5 Å². The van der Waals surface area contributed by atoms with Crippen LogP contribution in [0.3, 0.4) is 0 Å². The molecule has 0 spiro atoms. The van der Waals surface area contributed by atoms with Crippen molar-refractivity contribution in [3.05, 3.63) is 64.7 Å². The Bertz CT molecular complexity index is 876. The maximum atomic E-state index is 13.9. The number of pyridine rings is 1. The molecule has 1 aromatic heterocycles. The summed E-state index contributed by atoms with van der Waals surface area (Å²) in [5, 5.41) is 0.0696. The summed E-state index contributed by atoms with van der Waals surface area (Å²) in [6, 6.07) is 6.18. The summed E-state index contributed by atoms with van der Waals surface area (Å²) in [4.78, 5) is 43.3. The molecule has 1 aliphatic rings. The van der Waals surface area contributed by atoms with Gasteiger partial charge in [-0.1, -0.05) is 17.2 Å². The fourth-order valence-electron chi connectivity index (χ4n) is 2.18. The number of imide groups is 1. The van der Waals surface area contributed by atoms with E-state index in [1.165, 1.54) is 24.3 Å². The van der Waals surface area contributed by atoms with Crippen LogP contribution in [-0.4, -0.2) is 27.8 Å². The number of nitrogens with zero attached hydrogens (tertiary/aromatic N) is 2. The van der Waals surface area contributed by atoms with Crippen LogP contribution >= 0.6 is 0 Å². The van der Waals surface area contributed by atoms with Gasteiger partial charge in [-0.25, -0.2) is 14.2 Å². The zero-order chi connectivity index (χ0) is 18.4. The summed E-state index contributed by atoms with van der Waals surface area (Å²) < 4.78 is 51.8. The van der Waals surface area contributed by atoms with E-state index in [0.717, 1.165) is 0 Å². The van der Waals surface area contributed by atoms with Gasteiger partial charge in [0, 0.05) is 6.20 Å². The van der Waals surface area contributed by atoms with E-state index >= 15 is 0 Å². The van der Waals surface area contributed by atoms with Crippen LogP contribution in [0.5, 0.6) is 0 Å². The molecule has 0 aliphatic carbocycles. The summed E-state index contributed by atoms with van der Waals surface area (Å²) in [7, 11) is 0. The standard InChI is InChI=1S/C15H6F4N2O4/c16-10-9(5-6-20-11(10)15(17,18)19)14(24)25-21-12(22)7-3-1-2-4-8(7)13(21)23/h1-6H. The van der Waals surface area contributed by atoms with Gasteiger partial charge in [-0.2, -0.15) is 13.2 Å². The molecule has 3 rings (SSSR count). The second kappa shape index (κ2) is 5.65. The fourth-order valence-corrected chi connectivity index (χ4v) is 2.18. The predicted molar refractivity (Wildman–Crippen MR) is 71.6 cm³/mol. The topological polar surface area (TPSA) is 76.6 Å². The fraction of sp³-hybridized carbons (Fsp3) is 0.0667. The van der Waals surface area contributed by atoms with Crippen molar-refractivity contribution in [2.24, 2.45) is 0 Å². The number of benzene rings is 1. The number of aromatic nitrogens is 1. The first kappa shape index (κ1) is 16.6. The van der Waals surface area contributed by atoms with Crippen molar-refractivity contribution < 1.29 is 36.8 Å². The van der Waals surface area contributed by atoms with Gasteiger partial charge in [0.2, 0.25) is 0 Å². The van der Waals surface area contributed by atoms with Crippen molar-refractivity contribution in [2.75, 3.05) is 0 Å². The van der Waals surface area contributed by atoms with Crippen molar-refractivity contribution in [2.45, 2.75) is 6.18 Å². The molecule has 2 heterocycles. The normalized spacial score (nSPS) is 13.8. The SMILES string of the molecule is O=C(ON1C(=O)c2ccccc2C1=O)c1ccnc(C(F)(F)F)c1F. The molecule has 6 nitrogen and oxygen atoms in total. The minimum Gasteiger partial charge on any atom is -0.324 e. The molecule has 0 saturated carbocycles. The highest BCUT2D eigenvalue weighted by atomic mass is 19.4. The van der Waals surface area contributed by atoms with Gasteiger partial charge < -0.3 is 4.84 Å². The Morgan fingerprint density at radius 3 is 2.12 bits per heavy atom. The molecule has 0 fully saturated rings. The van der Waals surface area contributed by atoms with Gasteiger partial charge in [-0.15, -0.1) is 0 Å². The van der Waals surface area contributed by atoms with Crippen LogP contribution in [0.4, 0.5) is 17.6 Å². The van der Waals surface area contributed by atoms with Crippen LogP contribution in [0.2, 0.25) is 0 Å². The smallest absolute Gasteiger partial charge is 0.324 e. The zero-order valence-corrected chi connectivity index (χ0v) is 12.0. The molecule has 0 atom stereocenters. The van der Waals surface area contributed by atoms with E-state index < -0.39 is 41.0 Å². The largest absolute Gasteiger partial charge is 0.436 e. The quantitative estimate of drug-likeness (QED) is 0.612. The predicted octanol–water partition coefficient (Wildman–Crippen LogP) is 2.61. The molecule has 1 aliphatic heterocycles. The number of alkyl halides is 3. The van der Waals surface area contributed by atoms with Crippen molar-refractivity contribution in [3.63, 3.8) is 0 Å². The highest BCUT2D eigenvalue weighted by Crippen LogP contribution is 2.31. The van der Waals surface area contributed by atoms with Gasteiger partial charge >= 0.3 is 12.1 Å². The van der Waals surface area contributed by atoms with Gasteiger partial charge in [0.1, 0.15) is 5.56 Å². The van der Waals surface area contributed by atoms with E-state index in [2.05, 4.69) is 9.82 Å². The molecule has 1 aromatic carbocycles. The molecule has 0 radical (unpaired) electrons. The molecule has 25 heavy (non-hydrogen) atoms. The second-order valence-electron chi connectivity index (χ2n) is 4.85. The van der Waals surface area contributed by atoms with Crippen LogP contribution in [0.1, 0.15) is 36.8 Å². The summed E-state index contributed by atoms with van der Waals surface area (Å²) >= 11 is 0. The molecule has 0 bridgehead atoms. The molecular weight excluding hydrogens is 348 g/mol. The maximum Gasteiger partial charge on any atom is 0.436 e. The van der Waals surface area contributed by atoms with Crippen LogP contribution < -0.4 is 0 Å². The maximum absolute atomic E-state index is 13.9. The van der Waals surface area contributed by atoms with Crippen molar-refractivity contribution in [1.29, 1.82) is 0 Å². The Hall–Kier alpha value is -3.30. The third-order valence-electron chi connectivity index (χ3n) is 3.31. The van der Waals surface area contributed by atoms with Crippen molar-refractivity contribution >= 4 is 17.8 Å². The van der Waals surface area contributed by atoms with Gasteiger partial charge in [0.05, 0.1) is 11.1 Å². The number of hydrogen-bond acceptors (Lipinski definition) is 5. The number of carbonyl (C=O) groups is 3. The van der Waals surface area contributed by atoms with E-state index in [-0.39, 0.29) is 16.2 Å². The van der Waals surface area contributed by atoms with Crippen LogP contribution in [0, 0.1) is 5.82 Å². The number of rotatable bonds is 2. The number of halogens is 4. The molecular formula is C15H6F4N2O4. The Kier molecular flexibility index (Phi) is 3.74. The summed E-state index contributed by atoms with van der Waals surface area (Å²) in [5.74, 6) is -5.57.